The number of hydrogen-bond acceptors (Lipinski definition) is 4. The zero-order chi connectivity index (χ0) is 19.4. The van der Waals surface area contributed by atoms with Crippen molar-refractivity contribution in [1.29, 1.82) is 0 Å². The average Bonchev–Trinajstić information content (AvgIpc) is 2.83. The predicted octanol–water partition coefficient (Wildman–Crippen LogP) is 4.52. The van der Waals surface area contributed by atoms with Crippen molar-refractivity contribution in [2.45, 2.75) is 66.1 Å². The molecule has 5 heteroatoms. The number of ether oxygens (including phenoxy) is 2. The Morgan fingerprint density at radius 3 is 2.46 bits per heavy atom. The Bertz CT molecular complexity index is 764. The van der Waals surface area contributed by atoms with E-state index in [-0.39, 0.29) is 11.8 Å². The number of cyclic esters (lactones) is 1. The summed E-state index contributed by atoms with van der Waals surface area (Å²) >= 11 is 0. The van der Waals surface area contributed by atoms with Gasteiger partial charge in [-0.3, -0.25) is 4.79 Å². The minimum Gasteiger partial charge on any atom is -0.481 e. The van der Waals surface area contributed by atoms with E-state index in [0.717, 1.165) is 17.5 Å². The molecule has 1 aliphatic carbocycles. The minimum atomic E-state index is -1.03. The van der Waals surface area contributed by atoms with E-state index in [1.807, 2.05) is 19.1 Å². The van der Waals surface area contributed by atoms with Crippen molar-refractivity contribution in [3.63, 3.8) is 0 Å². The number of fused-ring (bicyclic) bond motifs is 1. The van der Waals surface area contributed by atoms with Gasteiger partial charge in [-0.1, -0.05) is 19.9 Å². The maximum absolute atomic E-state index is 12.8. The van der Waals surface area contributed by atoms with Crippen LogP contribution in [0.5, 0.6) is 5.75 Å². The SMILES string of the molecule is Cc1cc2c(c([C@H]3[C@@H](C(C)C)CC[C@@]3(C)C(=O)O)c1)C(=O)OC(C)(C)O2. The number of carbonyl (C=O) groups excluding carboxylic acids is 1. The van der Waals surface area contributed by atoms with Crippen LogP contribution in [0.25, 0.3) is 0 Å². The first-order valence-electron chi connectivity index (χ1n) is 9.26. The highest BCUT2D eigenvalue weighted by Gasteiger charge is 2.53. The number of aliphatic carboxylic acids is 1. The summed E-state index contributed by atoms with van der Waals surface area (Å²) in [5, 5.41) is 9.98. The van der Waals surface area contributed by atoms with Gasteiger partial charge in [-0.25, -0.2) is 4.79 Å². The first kappa shape index (κ1) is 18.7. The Hall–Kier alpha value is -2.04. The minimum absolute atomic E-state index is 0.185. The highest BCUT2D eigenvalue weighted by atomic mass is 16.7. The lowest BCUT2D eigenvalue weighted by molar-refractivity contribution is -0.149. The summed E-state index contributed by atoms with van der Waals surface area (Å²) in [6.07, 6.45) is 1.43. The fourth-order valence-corrected chi connectivity index (χ4v) is 4.68. The van der Waals surface area contributed by atoms with Crippen molar-refractivity contribution >= 4 is 11.9 Å². The molecule has 1 aromatic rings. The molecule has 0 spiro atoms. The molecule has 1 saturated carbocycles. The second-order valence-electron chi connectivity index (χ2n) is 8.77. The Morgan fingerprint density at radius 1 is 1.23 bits per heavy atom. The molecule has 26 heavy (non-hydrogen) atoms. The normalized spacial score (nSPS) is 29.9. The smallest absolute Gasteiger partial charge is 0.345 e. The molecule has 3 rings (SSSR count). The number of esters is 1. The summed E-state index contributed by atoms with van der Waals surface area (Å²) in [7, 11) is 0. The highest BCUT2D eigenvalue weighted by Crippen LogP contribution is 2.57. The van der Waals surface area contributed by atoms with Gasteiger partial charge in [0.05, 0.1) is 5.41 Å². The van der Waals surface area contributed by atoms with Crippen LogP contribution in [0.3, 0.4) is 0 Å². The zero-order valence-electron chi connectivity index (χ0n) is 16.4. The van der Waals surface area contributed by atoms with Crippen LogP contribution in [0.15, 0.2) is 12.1 Å². The van der Waals surface area contributed by atoms with Crippen LogP contribution in [0.2, 0.25) is 0 Å². The van der Waals surface area contributed by atoms with Crippen molar-refractivity contribution in [2.24, 2.45) is 17.3 Å². The van der Waals surface area contributed by atoms with Crippen molar-refractivity contribution in [3.05, 3.63) is 28.8 Å². The van der Waals surface area contributed by atoms with E-state index < -0.39 is 23.1 Å². The molecule has 0 unspecified atom stereocenters. The van der Waals surface area contributed by atoms with Gasteiger partial charge in [0.1, 0.15) is 11.3 Å². The van der Waals surface area contributed by atoms with E-state index in [1.54, 1.807) is 20.8 Å². The van der Waals surface area contributed by atoms with Crippen LogP contribution in [0, 0.1) is 24.2 Å². The molecular weight excluding hydrogens is 332 g/mol. The average molecular weight is 360 g/mol. The number of carbonyl (C=O) groups is 2. The van der Waals surface area contributed by atoms with E-state index in [9.17, 15) is 14.7 Å². The summed E-state index contributed by atoms with van der Waals surface area (Å²) in [6, 6.07) is 3.77. The van der Waals surface area contributed by atoms with Crippen molar-refractivity contribution in [3.8, 4) is 5.75 Å². The molecule has 0 amide bonds. The Labute approximate surface area is 154 Å². The Morgan fingerprint density at radius 2 is 1.88 bits per heavy atom. The molecule has 5 nitrogen and oxygen atoms in total. The molecule has 3 atom stereocenters. The zero-order valence-corrected chi connectivity index (χ0v) is 16.4. The topological polar surface area (TPSA) is 72.8 Å². The van der Waals surface area contributed by atoms with Crippen LogP contribution < -0.4 is 4.74 Å². The van der Waals surface area contributed by atoms with E-state index in [0.29, 0.717) is 23.7 Å². The van der Waals surface area contributed by atoms with Crippen molar-refractivity contribution < 1.29 is 24.2 Å². The first-order valence-corrected chi connectivity index (χ1v) is 9.26. The molecule has 2 aliphatic rings. The third-order valence-corrected chi connectivity index (χ3v) is 5.97. The monoisotopic (exact) mass is 360 g/mol. The lowest BCUT2D eigenvalue weighted by Crippen LogP contribution is -2.41. The molecule has 0 radical (unpaired) electrons. The van der Waals surface area contributed by atoms with Gasteiger partial charge in [0.15, 0.2) is 0 Å². The largest absolute Gasteiger partial charge is 0.481 e. The number of hydrogen-bond donors (Lipinski definition) is 1. The van der Waals surface area contributed by atoms with Crippen molar-refractivity contribution in [1.82, 2.24) is 0 Å². The molecule has 1 N–H and O–H groups in total. The van der Waals surface area contributed by atoms with Gasteiger partial charge in [-0.2, -0.15) is 0 Å². The van der Waals surface area contributed by atoms with Crippen molar-refractivity contribution in [2.75, 3.05) is 0 Å². The molecule has 142 valence electrons. The first-order chi connectivity index (χ1) is 12.0. The van der Waals surface area contributed by atoms with Gasteiger partial charge in [-0.15, -0.1) is 0 Å². The number of aryl methyl sites for hydroxylation is 1. The quantitative estimate of drug-likeness (QED) is 0.802. The van der Waals surface area contributed by atoms with Crippen LogP contribution in [0.4, 0.5) is 0 Å². The molecule has 1 aromatic carbocycles. The second kappa shape index (κ2) is 6.00. The fourth-order valence-electron chi connectivity index (χ4n) is 4.68. The van der Waals surface area contributed by atoms with Gasteiger partial charge in [0, 0.05) is 19.8 Å². The number of carboxylic acid groups (broad SMARTS) is 1. The summed E-state index contributed by atoms with van der Waals surface area (Å²) < 4.78 is 11.4. The van der Waals surface area contributed by atoms with Gasteiger partial charge in [-0.05, 0) is 55.7 Å². The van der Waals surface area contributed by atoms with Gasteiger partial charge in [0.25, 0.3) is 0 Å². The maximum Gasteiger partial charge on any atom is 0.345 e. The van der Waals surface area contributed by atoms with Crippen LogP contribution >= 0.6 is 0 Å². The van der Waals surface area contributed by atoms with Crippen LogP contribution in [0.1, 0.15) is 74.9 Å². The standard InChI is InChI=1S/C21H28O5/c1-11(2)13-7-8-21(6,19(23)24)17(13)14-9-12(3)10-15-16(14)18(22)26-20(4,5)25-15/h9-11,13,17H,7-8H2,1-6H3,(H,23,24)/t13-,17-,21-/m1/s1. The second-order valence-corrected chi connectivity index (χ2v) is 8.77. The van der Waals surface area contributed by atoms with E-state index in [2.05, 4.69) is 13.8 Å². The van der Waals surface area contributed by atoms with Gasteiger partial charge < -0.3 is 14.6 Å². The molecule has 1 heterocycles. The summed E-state index contributed by atoms with van der Waals surface area (Å²) in [5.41, 5.74) is 1.18. The maximum atomic E-state index is 12.8. The molecule has 0 aromatic heterocycles. The molecule has 0 bridgehead atoms. The van der Waals surface area contributed by atoms with E-state index in [4.69, 9.17) is 9.47 Å². The lowest BCUT2D eigenvalue weighted by atomic mass is 9.69. The summed E-state index contributed by atoms with van der Waals surface area (Å²) in [5.74, 6) is -1.55. The Kier molecular flexibility index (Phi) is 4.32. The molecule has 1 aliphatic heterocycles. The van der Waals surface area contributed by atoms with Crippen LogP contribution in [-0.2, 0) is 9.53 Å². The Balaban J connectivity index is 2.23. The lowest BCUT2D eigenvalue weighted by Gasteiger charge is -2.37. The summed E-state index contributed by atoms with van der Waals surface area (Å²) in [4.78, 5) is 25.0. The molecule has 1 fully saturated rings. The molecule has 0 saturated heterocycles. The van der Waals surface area contributed by atoms with Gasteiger partial charge in [0.2, 0.25) is 5.79 Å². The van der Waals surface area contributed by atoms with Gasteiger partial charge >= 0.3 is 11.9 Å². The summed E-state index contributed by atoms with van der Waals surface area (Å²) in [6.45, 7) is 11.4. The number of rotatable bonds is 3. The third kappa shape index (κ3) is 2.87. The fraction of sp³-hybridized carbons (Fsp3) is 0.619. The molecular formula is C21H28O5. The predicted molar refractivity (Wildman–Crippen MR) is 97.3 cm³/mol. The number of carboxylic acids is 1. The number of benzene rings is 1. The highest BCUT2D eigenvalue weighted by molar-refractivity contribution is 5.96. The van der Waals surface area contributed by atoms with E-state index in [1.165, 1.54) is 0 Å². The van der Waals surface area contributed by atoms with Crippen LogP contribution in [-0.4, -0.2) is 22.8 Å². The third-order valence-electron chi connectivity index (χ3n) is 5.97. The van der Waals surface area contributed by atoms with E-state index >= 15 is 0 Å².